The van der Waals surface area contributed by atoms with E-state index in [0.29, 0.717) is 5.82 Å². The minimum atomic E-state index is -4.57. The largest absolute Gasteiger partial charge is 0.417 e. The Morgan fingerprint density at radius 2 is 1.67 bits per heavy atom. The summed E-state index contributed by atoms with van der Waals surface area (Å²) >= 11 is 9.04. The number of aromatic nitrogens is 2. The Morgan fingerprint density at radius 3 is 2.33 bits per heavy atom. The standard InChI is InChI=1S/C17H12BrClF3N5/c18-11-3-1-2-4-13(11)27-16-14(23)15(24-8-25-16)26-9-5-6-12(19)10(7-9)17(20,21)22/h1-8H,23H2,(H2,24,25,26,27). The molecule has 0 aliphatic heterocycles. The van der Waals surface area contributed by atoms with E-state index in [-0.39, 0.29) is 22.2 Å². The highest BCUT2D eigenvalue weighted by Gasteiger charge is 2.33. The zero-order chi connectivity index (χ0) is 19.6. The topological polar surface area (TPSA) is 75.9 Å². The molecule has 0 aliphatic rings. The molecule has 10 heteroatoms. The number of rotatable bonds is 4. The summed E-state index contributed by atoms with van der Waals surface area (Å²) in [5.74, 6) is 0.472. The lowest BCUT2D eigenvalue weighted by Crippen LogP contribution is -2.08. The molecule has 0 fully saturated rings. The Bertz CT molecular complexity index is 981. The fourth-order valence-electron chi connectivity index (χ4n) is 2.24. The summed E-state index contributed by atoms with van der Waals surface area (Å²) in [6.07, 6.45) is -3.32. The number of nitrogens with one attached hydrogen (secondary N) is 2. The van der Waals surface area contributed by atoms with Gasteiger partial charge in [0.2, 0.25) is 0 Å². The predicted octanol–water partition coefficient (Wildman–Crippen LogP) is 5.98. The Balaban J connectivity index is 1.90. The molecule has 0 saturated carbocycles. The van der Waals surface area contributed by atoms with Crippen molar-refractivity contribution in [2.24, 2.45) is 0 Å². The number of nitrogen functional groups attached to an aromatic ring is 1. The quantitative estimate of drug-likeness (QED) is 0.448. The van der Waals surface area contributed by atoms with Crippen molar-refractivity contribution in [3.05, 3.63) is 63.9 Å². The van der Waals surface area contributed by atoms with Gasteiger partial charge in [-0.1, -0.05) is 23.7 Å². The van der Waals surface area contributed by atoms with Crippen LogP contribution in [0.2, 0.25) is 5.02 Å². The van der Waals surface area contributed by atoms with Gasteiger partial charge < -0.3 is 16.4 Å². The second-order valence-corrected chi connectivity index (χ2v) is 6.67. The van der Waals surface area contributed by atoms with E-state index in [9.17, 15) is 13.2 Å². The molecule has 0 saturated heterocycles. The van der Waals surface area contributed by atoms with E-state index in [2.05, 4.69) is 36.5 Å². The minimum absolute atomic E-state index is 0.143. The van der Waals surface area contributed by atoms with Gasteiger partial charge in [0.25, 0.3) is 0 Å². The second-order valence-electron chi connectivity index (χ2n) is 5.41. The Morgan fingerprint density at radius 1 is 1.00 bits per heavy atom. The van der Waals surface area contributed by atoms with Gasteiger partial charge in [0.1, 0.15) is 12.0 Å². The number of nitrogens with zero attached hydrogens (tertiary/aromatic N) is 2. The van der Waals surface area contributed by atoms with Crippen LogP contribution in [0, 0.1) is 0 Å². The number of halogens is 5. The van der Waals surface area contributed by atoms with Crippen LogP contribution in [0.5, 0.6) is 0 Å². The number of alkyl halides is 3. The molecule has 0 unspecified atom stereocenters. The lowest BCUT2D eigenvalue weighted by Gasteiger charge is -2.15. The number of nitrogens with two attached hydrogens (primary N) is 1. The molecule has 3 aromatic rings. The first-order valence-electron chi connectivity index (χ1n) is 7.51. The zero-order valence-electron chi connectivity index (χ0n) is 13.5. The molecule has 1 heterocycles. The Hall–Kier alpha value is -2.52. The molecule has 0 spiro atoms. The second kappa shape index (κ2) is 7.61. The molecule has 1 aromatic heterocycles. The van der Waals surface area contributed by atoms with Crippen LogP contribution in [-0.4, -0.2) is 9.97 Å². The average molecular weight is 459 g/mol. The van der Waals surface area contributed by atoms with Crippen LogP contribution in [0.15, 0.2) is 53.3 Å². The lowest BCUT2D eigenvalue weighted by atomic mass is 10.2. The monoisotopic (exact) mass is 457 g/mol. The molecule has 5 nitrogen and oxygen atoms in total. The molecule has 27 heavy (non-hydrogen) atoms. The van der Waals surface area contributed by atoms with Gasteiger partial charge in [-0.15, -0.1) is 0 Å². The third kappa shape index (κ3) is 4.42. The van der Waals surface area contributed by atoms with Crippen molar-refractivity contribution < 1.29 is 13.2 Å². The van der Waals surface area contributed by atoms with Crippen molar-refractivity contribution in [1.29, 1.82) is 0 Å². The smallest absolute Gasteiger partial charge is 0.393 e. The lowest BCUT2D eigenvalue weighted by molar-refractivity contribution is -0.137. The van der Waals surface area contributed by atoms with Gasteiger partial charge in [0.05, 0.1) is 16.3 Å². The van der Waals surface area contributed by atoms with Crippen molar-refractivity contribution in [1.82, 2.24) is 9.97 Å². The maximum absolute atomic E-state index is 13.0. The molecular formula is C17H12BrClF3N5. The fraction of sp³-hybridized carbons (Fsp3) is 0.0588. The van der Waals surface area contributed by atoms with Crippen molar-refractivity contribution >= 4 is 56.2 Å². The third-order valence-corrected chi connectivity index (χ3v) is 4.57. The first-order valence-corrected chi connectivity index (χ1v) is 8.68. The number of anilines is 5. The van der Waals surface area contributed by atoms with Gasteiger partial charge in [-0.05, 0) is 46.3 Å². The average Bonchev–Trinajstić information content (AvgIpc) is 2.61. The highest BCUT2D eigenvalue weighted by atomic mass is 79.9. The SMILES string of the molecule is Nc1c(Nc2ccc(Cl)c(C(F)(F)F)c2)ncnc1Nc1ccccc1Br. The summed E-state index contributed by atoms with van der Waals surface area (Å²) in [5.41, 5.74) is 6.13. The maximum Gasteiger partial charge on any atom is 0.417 e. The van der Waals surface area contributed by atoms with E-state index in [4.69, 9.17) is 17.3 Å². The number of para-hydroxylation sites is 1. The normalized spacial score (nSPS) is 11.3. The third-order valence-electron chi connectivity index (χ3n) is 3.55. The van der Waals surface area contributed by atoms with Gasteiger partial charge >= 0.3 is 6.18 Å². The zero-order valence-corrected chi connectivity index (χ0v) is 15.8. The molecule has 0 bridgehead atoms. The van der Waals surface area contributed by atoms with E-state index < -0.39 is 11.7 Å². The molecular weight excluding hydrogens is 447 g/mol. The van der Waals surface area contributed by atoms with E-state index in [1.54, 1.807) is 0 Å². The summed E-state index contributed by atoms with van der Waals surface area (Å²) in [7, 11) is 0. The fourth-order valence-corrected chi connectivity index (χ4v) is 2.85. The molecule has 3 rings (SSSR count). The molecule has 0 aliphatic carbocycles. The molecule has 4 N–H and O–H groups in total. The maximum atomic E-state index is 13.0. The van der Waals surface area contributed by atoms with Crippen molar-refractivity contribution in [2.45, 2.75) is 6.18 Å². The van der Waals surface area contributed by atoms with E-state index in [1.807, 2.05) is 24.3 Å². The highest BCUT2D eigenvalue weighted by molar-refractivity contribution is 9.10. The number of hydrogen-bond acceptors (Lipinski definition) is 5. The summed E-state index contributed by atoms with van der Waals surface area (Å²) in [6.45, 7) is 0. The number of hydrogen-bond donors (Lipinski definition) is 3. The molecule has 0 amide bonds. The summed E-state index contributed by atoms with van der Waals surface area (Å²) in [5, 5.41) is 5.42. The van der Waals surface area contributed by atoms with Gasteiger partial charge in [0, 0.05) is 10.2 Å². The van der Waals surface area contributed by atoms with Gasteiger partial charge in [-0.3, -0.25) is 0 Å². The first-order chi connectivity index (χ1) is 12.8. The minimum Gasteiger partial charge on any atom is -0.393 e. The number of benzene rings is 2. The van der Waals surface area contributed by atoms with Crippen molar-refractivity contribution in [3.63, 3.8) is 0 Å². The van der Waals surface area contributed by atoms with Crippen LogP contribution >= 0.6 is 27.5 Å². The Labute approximate surface area is 165 Å². The van der Waals surface area contributed by atoms with Gasteiger partial charge in [-0.25, -0.2) is 9.97 Å². The van der Waals surface area contributed by atoms with Crippen LogP contribution in [0.1, 0.15) is 5.56 Å². The summed E-state index contributed by atoms with van der Waals surface area (Å²) in [4.78, 5) is 8.08. The molecule has 0 atom stereocenters. The first kappa shape index (κ1) is 19.2. The van der Waals surface area contributed by atoms with Crippen LogP contribution in [0.25, 0.3) is 0 Å². The van der Waals surface area contributed by atoms with Crippen LogP contribution in [0.4, 0.5) is 41.9 Å². The van der Waals surface area contributed by atoms with Crippen LogP contribution in [-0.2, 0) is 6.18 Å². The van der Waals surface area contributed by atoms with E-state index in [1.165, 1.54) is 12.4 Å². The van der Waals surface area contributed by atoms with Gasteiger partial charge in [-0.2, -0.15) is 13.2 Å². The van der Waals surface area contributed by atoms with Crippen LogP contribution in [0.3, 0.4) is 0 Å². The summed E-state index contributed by atoms with van der Waals surface area (Å²) in [6, 6.07) is 10.8. The summed E-state index contributed by atoms with van der Waals surface area (Å²) < 4.78 is 39.8. The highest BCUT2D eigenvalue weighted by Crippen LogP contribution is 2.37. The molecule has 140 valence electrons. The van der Waals surface area contributed by atoms with Crippen LogP contribution < -0.4 is 16.4 Å². The molecule has 0 radical (unpaired) electrons. The van der Waals surface area contributed by atoms with Crippen molar-refractivity contribution in [2.75, 3.05) is 16.4 Å². The molecule has 2 aromatic carbocycles. The predicted molar refractivity (Wildman–Crippen MR) is 104 cm³/mol. The van der Waals surface area contributed by atoms with E-state index in [0.717, 1.165) is 22.3 Å². The van der Waals surface area contributed by atoms with Gasteiger partial charge in [0.15, 0.2) is 11.6 Å². The Kier molecular flexibility index (Phi) is 5.43. The van der Waals surface area contributed by atoms with E-state index >= 15 is 0 Å². The van der Waals surface area contributed by atoms with Crippen molar-refractivity contribution in [3.8, 4) is 0 Å².